The van der Waals surface area contributed by atoms with Gasteiger partial charge in [0.15, 0.2) is 27.2 Å². The number of ether oxygens (including phenoxy) is 1. The van der Waals surface area contributed by atoms with Gasteiger partial charge in [-0.05, 0) is 59.9 Å². The second-order valence-electron chi connectivity index (χ2n) is 9.54. The summed E-state index contributed by atoms with van der Waals surface area (Å²) in [4.78, 5) is 17.6. The van der Waals surface area contributed by atoms with E-state index in [-0.39, 0.29) is 39.6 Å². The third kappa shape index (κ3) is 5.30. The minimum absolute atomic E-state index is 0.0559. The number of pyridine rings is 1. The van der Waals surface area contributed by atoms with Gasteiger partial charge in [-0.2, -0.15) is 5.10 Å². The molecule has 2 aromatic carbocycles. The van der Waals surface area contributed by atoms with Gasteiger partial charge >= 0.3 is 0 Å². The number of nitrogen functional groups attached to an aromatic ring is 1. The van der Waals surface area contributed by atoms with E-state index in [0.29, 0.717) is 23.2 Å². The minimum Gasteiger partial charge on any atom is -0.434 e. The molecule has 8 nitrogen and oxygen atoms in total. The zero-order valence-electron chi connectivity index (χ0n) is 21.3. The second kappa shape index (κ2) is 9.94. The van der Waals surface area contributed by atoms with Gasteiger partial charge < -0.3 is 10.5 Å². The molecule has 0 saturated heterocycles. The molecule has 0 fully saturated rings. The third-order valence-corrected chi connectivity index (χ3v) is 7.61. The number of ketones is 1. The third-order valence-electron chi connectivity index (χ3n) is 6.48. The van der Waals surface area contributed by atoms with Crippen LogP contribution in [-0.4, -0.2) is 35.2 Å². The Bertz CT molecular complexity index is 1780. The second-order valence-corrected chi connectivity index (χ2v) is 12.1. The average Bonchev–Trinajstić information content (AvgIpc) is 3.44. The molecular weight excluding hydrogens is 543 g/mol. The molecule has 4 aromatic rings. The zero-order valence-corrected chi connectivity index (χ0v) is 22.9. The van der Waals surface area contributed by atoms with E-state index in [1.165, 1.54) is 41.5 Å². The molecule has 11 heteroatoms. The molecule has 0 unspecified atom stereocenters. The number of carbonyl (C=O) groups is 1. The van der Waals surface area contributed by atoms with E-state index < -0.39 is 15.7 Å². The van der Waals surface area contributed by atoms with Gasteiger partial charge in [0.1, 0.15) is 5.82 Å². The molecule has 0 atom stereocenters. The normalized spacial score (nSPS) is 12.8. The number of aryl methyl sites for hydroxylation is 2. The van der Waals surface area contributed by atoms with Crippen molar-refractivity contribution in [2.45, 2.75) is 26.0 Å². The Morgan fingerprint density at radius 3 is 2.64 bits per heavy atom. The topological polar surface area (TPSA) is 117 Å². The van der Waals surface area contributed by atoms with Crippen LogP contribution < -0.4 is 10.5 Å². The molecule has 200 valence electrons. The van der Waals surface area contributed by atoms with Gasteiger partial charge in [-0.1, -0.05) is 29.8 Å². The van der Waals surface area contributed by atoms with Crippen molar-refractivity contribution in [3.05, 3.63) is 98.6 Å². The summed E-state index contributed by atoms with van der Waals surface area (Å²) in [5.74, 6) is -0.798. The molecule has 1 aliphatic carbocycles. The lowest BCUT2D eigenvalue weighted by Gasteiger charge is -2.11. The summed E-state index contributed by atoms with van der Waals surface area (Å²) >= 11 is 6.04. The Labute approximate surface area is 229 Å². The summed E-state index contributed by atoms with van der Waals surface area (Å²) in [5, 5.41) is 4.43. The number of allylic oxidation sites excluding steroid dienone is 1. The highest BCUT2D eigenvalue weighted by Gasteiger charge is 2.25. The van der Waals surface area contributed by atoms with E-state index in [0.717, 1.165) is 22.3 Å². The summed E-state index contributed by atoms with van der Waals surface area (Å²) in [6, 6.07) is 9.56. The lowest BCUT2D eigenvalue weighted by Crippen LogP contribution is -2.09. The van der Waals surface area contributed by atoms with Gasteiger partial charge in [0.05, 0.1) is 34.4 Å². The van der Waals surface area contributed by atoms with Crippen molar-refractivity contribution in [3.63, 3.8) is 0 Å². The van der Waals surface area contributed by atoms with Crippen molar-refractivity contribution in [2.24, 2.45) is 0 Å². The van der Waals surface area contributed by atoms with Crippen LogP contribution in [0.15, 0.2) is 54.4 Å². The van der Waals surface area contributed by atoms with Crippen molar-refractivity contribution in [3.8, 4) is 17.3 Å². The number of aromatic nitrogens is 3. The van der Waals surface area contributed by atoms with Gasteiger partial charge in [0, 0.05) is 24.3 Å². The highest BCUT2D eigenvalue weighted by molar-refractivity contribution is 7.89. The van der Waals surface area contributed by atoms with Crippen LogP contribution in [0.3, 0.4) is 0 Å². The van der Waals surface area contributed by atoms with E-state index in [2.05, 4.69) is 10.1 Å². The van der Waals surface area contributed by atoms with Crippen molar-refractivity contribution in [1.29, 1.82) is 0 Å². The van der Waals surface area contributed by atoms with Crippen LogP contribution >= 0.6 is 11.6 Å². The number of anilines is 1. The molecule has 0 radical (unpaired) electrons. The SMILES string of the molecule is Cc1cc2c(cc1CS(C)(=O)=O)CC(C(=O)c1cnn(-c3cnc(Oc4c(F)cccc4Cl)cc3C)c1N)=C2. The quantitative estimate of drug-likeness (QED) is 0.297. The summed E-state index contributed by atoms with van der Waals surface area (Å²) in [6.07, 6.45) is 6.24. The van der Waals surface area contributed by atoms with E-state index in [1.54, 1.807) is 19.1 Å². The van der Waals surface area contributed by atoms with Crippen molar-refractivity contribution < 1.29 is 22.3 Å². The number of halogens is 2. The molecule has 1 aliphatic rings. The van der Waals surface area contributed by atoms with Crippen LogP contribution in [0.4, 0.5) is 10.2 Å². The molecular formula is C28H24ClFN4O4S. The number of hydrogen-bond donors (Lipinski definition) is 1. The predicted octanol–water partition coefficient (Wildman–Crippen LogP) is 5.42. The summed E-state index contributed by atoms with van der Waals surface area (Å²) in [6.45, 7) is 3.64. The number of nitrogens with two attached hydrogens (primary N) is 1. The first-order chi connectivity index (χ1) is 18.4. The summed E-state index contributed by atoms with van der Waals surface area (Å²) < 4.78 is 44.7. The number of para-hydroxylation sites is 1. The Morgan fingerprint density at radius 1 is 1.18 bits per heavy atom. The highest BCUT2D eigenvalue weighted by Crippen LogP contribution is 2.34. The van der Waals surface area contributed by atoms with Crippen LogP contribution in [0.25, 0.3) is 11.8 Å². The van der Waals surface area contributed by atoms with Crippen molar-refractivity contribution in [1.82, 2.24) is 14.8 Å². The summed E-state index contributed by atoms with van der Waals surface area (Å²) in [5.41, 5.74) is 11.7. The number of sulfone groups is 1. The predicted molar refractivity (Wildman–Crippen MR) is 148 cm³/mol. The molecule has 0 amide bonds. The maximum atomic E-state index is 14.1. The van der Waals surface area contributed by atoms with E-state index in [4.69, 9.17) is 22.1 Å². The number of fused-ring (bicyclic) bond motifs is 1. The Hall–Kier alpha value is -4.02. The van der Waals surface area contributed by atoms with Gasteiger partial charge in [-0.15, -0.1) is 0 Å². The lowest BCUT2D eigenvalue weighted by atomic mass is 10.0. The maximum Gasteiger partial charge on any atom is 0.219 e. The highest BCUT2D eigenvalue weighted by atomic mass is 35.5. The average molecular weight is 567 g/mol. The molecule has 2 heterocycles. The fourth-order valence-electron chi connectivity index (χ4n) is 4.52. The van der Waals surface area contributed by atoms with Crippen LogP contribution in [0.2, 0.25) is 5.02 Å². The first kappa shape index (κ1) is 26.6. The molecule has 0 bridgehead atoms. The Morgan fingerprint density at radius 2 is 1.95 bits per heavy atom. The van der Waals surface area contributed by atoms with E-state index in [9.17, 15) is 17.6 Å². The standard InChI is InChI=1S/C28H24ClFN4O4S/c1-15-7-17-9-19(10-18(17)11-20(15)14-39(3,36)37)26(35)21-12-33-34(28(21)31)24-13-32-25(8-16(24)2)38-27-22(29)5-4-6-23(27)30/h4-9,11-13H,10,14,31H2,1-3H3. The van der Waals surface area contributed by atoms with E-state index in [1.807, 2.05) is 19.1 Å². The minimum atomic E-state index is -3.19. The molecule has 0 spiro atoms. The molecule has 2 aromatic heterocycles. The van der Waals surface area contributed by atoms with Crippen LogP contribution in [0.1, 0.15) is 38.2 Å². The molecule has 0 aliphatic heterocycles. The number of nitrogens with zero attached hydrogens (tertiary/aromatic N) is 3. The smallest absolute Gasteiger partial charge is 0.219 e. The van der Waals surface area contributed by atoms with Gasteiger partial charge in [0.25, 0.3) is 0 Å². The number of carbonyl (C=O) groups excluding carboxylic acids is 1. The van der Waals surface area contributed by atoms with Crippen molar-refractivity contribution in [2.75, 3.05) is 12.0 Å². The molecule has 5 rings (SSSR count). The monoisotopic (exact) mass is 566 g/mol. The number of hydrogen-bond acceptors (Lipinski definition) is 7. The largest absolute Gasteiger partial charge is 0.434 e. The lowest BCUT2D eigenvalue weighted by molar-refractivity contribution is 0.103. The number of benzene rings is 2. The van der Waals surface area contributed by atoms with Crippen molar-refractivity contribution >= 4 is 39.1 Å². The van der Waals surface area contributed by atoms with Crippen LogP contribution in [0, 0.1) is 19.7 Å². The molecule has 0 saturated carbocycles. The number of rotatable bonds is 7. The van der Waals surface area contributed by atoms with E-state index >= 15 is 0 Å². The Balaban J connectivity index is 1.38. The Kier molecular flexibility index (Phi) is 6.77. The molecule has 39 heavy (non-hydrogen) atoms. The van der Waals surface area contributed by atoms with Gasteiger partial charge in [-0.3, -0.25) is 4.79 Å². The van der Waals surface area contributed by atoms with Gasteiger partial charge in [-0.25, -0.2) is 22.5 Å². The van der Waals surface area contributed by atoms with Crippen LogP contribution in [-0.2, 0) is 22.0 Å². The number of Topliss-reactive ketones (excluding diaryl/α,β-unsaturated/α-hetero) is 1. The maximum absolute atomic E-state index is 14.1. The fourth-order valence-corrected chi connectivity index (χ4v) is 5.60. The van der Waals surface area contributed by atoms with Gasteiger partial charge in [0.2, 0.25) is 5.88 Å². The summed E-state index contributed by atoms with van der Waals surface area (Å²) in [7, 11) is -3.19. The first-order valence-corrected chi connectivity index (χ1v) is 14.3. The molecule has 2 N–H and O–H groups in total. The zero-order chi connectivity index (χ0) is 28.1. The van der Waals surface area contributed by atoms with Crippen LogP contribution in [0.5, 0.6) is 11.6 Å². The first-order valence-electron chi connectivity index (χ1n) is 11.9. The fraction of sp³-hybridized carbons (Fsp3) is 0.179.